The van der Waals surface area contributed by atoms with Gasteiger partial charge in [-0.1, -0.05) is 12.7 Å². The minimum atomic E-state index is -0.755. The van der Waals surface area contributed by atoms with E-state index in [1.807, 2.05) is 0 Å². The number of carbonyl (C=O) groups is 2. The molecule has 82 valence electrons. The van der Waals surface area contributed by atoms with Crippen LogP contribution >= 0.6 is 0 Å². The van der Waals surface area contributed by atoms with E-state index in [0.717, 1.165) is 0 Å². The molecule has 1 unspecified atom stereocenters. The molecule has 0 aromatic rings. The Labute approximate surface area is 87.3 Å². The second-order valence-electron chi connectivity index (χ2n) is 4.18. The van der Waals surface area contributed by atoms with E-state index in [2.05, 4.69) is 6.58 Å². The summed E-state index contributed by atoms with van der Waals surface area (Å²) in [7, 11) is 0. The molecule has 0 aromatic heterocycles. The van der Waals surface area contributed by atoms with Crippen molar-refractivity contribution in [2.24, 2.45) is 11.3 Å². The van der Waals surface area contributed by atoms with Gasteiger partial charge in [0, 0.05) is 18.5 Å². The first-order valence-corrected chi connectivity index (χ1v) is 4.84. The molecule has 2 fully saturated rings. The van der Waals surface area contributed by atoms with Crippen LogP contribution in [-0.2, 0) is 9.53 Å². The van der Waals surface area contributed by atoms with Gasteiger partial charge in [-0.3, -0.25) is 4.79 Å². The predicted octanol–water partition coefficient (Wildman–Crippen LogP) is 0.716. The third-order valence-electron chi connectivity index (χ3n) is 3.08. The number of nitrogens with zero attached hydrogens (tertiary/aromatic N) is 1. The lowest BCUT2D eigenvalue weighted by molar-refractivity contribution is -0.140. The lowest BCUT2D eigenvalue weighted by Crippen LogP contribution is -2.53. The number of carbonyl (C=O) groups excluding carboxylic acids is 1. The average Bonchev–Trinajstić information content (AvgIpc) is 2.86. The fraction of sp³-hybridized carbons (Fsp3) is 0.600. The zero-order chi connectivity index (χ0) is 11.1. The highest BCUT2D eigenvalue weighted by molar-refractivity contribution is 5.77. The van der Waals surface area contributed by atoms with Gasteiger partial charge in [-0.15, -0.1) is 0 Å². The summed E-state index contributed by atoms with van der Waals surface area (Å²) in [4.78, 5) is 23.5. The fourth-order valence-corrected chi connectivity index (χ4v) is 2.11. The first kappa shape index (κ1) is 10.0. The van der Waals surface area contributed by atoms with Crippen molar-refractivity contribution in [1.29, 1.82) is 0 Å². The molecule has 0 aromatic carbocycles. The zero-order valence-electron chi connectivity index (χ0n) is 8.31. The molecule has 0 radical (unpaired) electrons. The molecule has 1 aliphatic carbocycles. The van der Waals surface area contributed by atoms with Crippen molar-refractivity contribution in [2.75, 3.05) is 19.7 Å². The smallest absolute Gasteiger partial charge is 0.410 e. The Hall–Kier alpha value is -1.52. The Balaban J connectivity index is 1.77. The summed E-state index contributed by atoms with van der Waals surface area (Å²) in [5.41, 5.74) is -0.140. The van der Waals surface area contributed by atoms with Crippen molar-refractivity contribution >= 4 is 12.1 Å². The van der Waals surface area contributed by atoms with E-state index in [1.165, 1.54) is 11.0 Å². The van der Waals surface area contributed by atoms with E-state index < -0.39 is 5.97 Å². The molecule has 1 heterocycles. The maximum absolute atomic E-state index is 11.3. The van der Waals surface area contributed by atoms with Crippen LogP contribution in [0.4, 0.5) is 4.79 Å². The molecule has 0 bridgehead atoms. The van der Waals surface area contributed by atoms with Crippen LogP contribution in [0.1, 0.15) is 6.42 Å². The molecule has 1 N–H and O–H groups in total. The van der Waals surface area contributed by atoms with Gasteiger partial charge in [0.2, 0.25) is 0 Å². The number of hydrogen-bond donors (Lipinski definition) is 1. The molecule has 1 spiro atoms. The van der Waals surface area contributed by atoms with Gasteiger partial charge in [0.05, 0.1) is 5.92 Å². The maximum Gasteiger partial charge on any atom is 0.410 e. The highest BCUT2D eigenvalue weighted by Gasteiger charge is 2.66. The van der Waals surface area contributed by atoms with Crippen molar-refractivity contribution in [1.82, 2.24) is 4.90 Å². The normalized spacial score (nSPS) is 25.6. The lowest BCUT2D eigenvalue weighted by Gasteiger charge is -2.39. The van der Waals surface area contributed by atoms with E-state index in [9.17, 15) is 9.59 Å². The van der Waals surface area contributed by atoms with Crippen molar-refractivity contribution in [3.8, 4) is 0 Å². The maximum atomic E-state index is 11.3. The summed E-state index contributed by atoms with van der Waals surface area (Å²) in [6.45, 7) is 4.67. The van der Waals surface area contributed by atoms with E-state index in [0.29, 0.717) is 19.5 Å². The Morgan fingerprint density at radius 1 is 1.60 bits per heavy atom. The Kier molecular flexibility index (Phi) is 2.17. The molecule has 5 heteroatoms. The SMILES string of the molecule is C=CCOC(=O)N1CC2(CC2C(=O)O)C1. The number of rotatable bonds is 3. The average molecular weight is 211 g/mol. The molecule has 1 saturated heterocycles. The number of aliphatic carboxylic acids is 1. The van der Waals surface area contributed by atoms with Crippen LogP contribution in [0.3, 0.4) is 0 Å². The van der Waals surface area contributed by atoms with Gasteiger partial charge in [-0.25, -0.2) is 4.79 Å². The molecular formula is C10H13NO4. The zero-order valence-corrected chi connectivity index (χ0v) is 8.31. The van der Waals surface area contributed by atoms with Gasteiger partial charge >= 0.3 is 12.1 Å². The second kappa shape index (κ2) is 3.25. The highest BCUT2D eigenvalue weighted by Crippen LogP contribution is 2.58. The molecule has 1 amide bonds. The quantitative estimate of drug-likeness (QED) is 0.698. The molecule has 1 aliphatic heterocycles. The molecule has 1 saturated carbocycles. The third kappa shape index (κ3) is 1.58. The summed E-state index contributed by atoms with van der Waals surface area (Å²) < 4.78 is 4.83. The van der Waals surface area contributed by atoms with Crippen LogP contribution in [0.2, 0.25) is 0 Å². The summed E-state index contributed by atoms with van der Waals surface area (Å²) in [6.07, 6.45) is 1.81. The minimum absolute atomic E-state index is 0.140. The Bertz CT molecular complexity index is 319. The number of carboxylic acid groups (broad SMARTS) is 1. The Morgan fingerprint density at radius 3 is 2.73 bits per heavy atom. The Morgan fingerprint density at radius 2 is 2.27 bits per heavy atom. The van der Waals surface area contributed by atoms with Gasteiger partial charge in [-0.05, 0) is 6.42 Å². The number of hydrogen-bond acceptors (Lipinski definition) is 3. The topological polar surface area (TPSA) is 66.8 Å². The van der Waals surface area contributed by atoms with Gasteiger partial charge in [0.15, 0.2) is 0 Å². The van der Waals surface area contributed by atoms with Crippen molar-refractivity contribution in [2.45, 2.75) is 6.42 Å². The predicted molar refractivity (Wildman–Crippen MR) is 51.3 cm³/mol. The molecule has 1 atom stereocenters. The van der Waals surface area contributed by atoms with Crippen molar-refractivity contribution < 1.29 is 19.4 Å². The summed E-state index contributed by atoms with van der Waals surface area (Å²) in [5, 5.41) is 8.77. The van der Waals surface area contributed by atoms with E-state index in [4.69, 9.17) is 9.84 Å². The van der Waals surface area contributed by atoms with Crippen LogP contribution in [-0.4, -0.2) is 41.8 Å². The number of amides is 1. The van der Waals surface area contributed by atoms with E-state index in [-0.39, 0.29) is 24.0 Å². The van der Waals surface area contributed by atoms with Crippen LogP contribution in [0.25, 0.3) is 0 Å². The van der Waals surface area contributed by atoms with Crippen LogP contribution in [0.15, 0.2) is 12.7 Å². The first-order valence-electron chi connectivity index (χ1n) is 4.84. The van der Waals surface area contributed by atoms with Gasteiger partial charge in [-0.2, -0.15) is 0 Å². The third-order valence-corrected chi connectivity index (χ3v) is 3.08. The highest BCUT2D eigenvalue weighted by atomic mass is 16.6. The van der Waals surface area contributed by atoms with Crippen molar-refractivity contribution in [3.63, 3.8) is 0 Å². The number of ether oxygens (including phenoxy) is 1. The fourth-order valence-electron chi connectivity index (χ4n) is 2.11. The van der Waals surface area contributed by atoms with E-state index in [1.54, 1.807) is 0 Å². The summed E-state index contributed by atoms with van der Waals surface area (Å²) >= 11 is 0. The molecule has 5 nitrogen and oxygen atoms in total. The van der Waals surface area contributed by atoms with Gasteiger partial charge < -0.3 is 14.7 Å². The molecule has 2 rings (SSSR count). The van der Waals surface area contributed by atoms with Gasteiger partial charge in [0.1, 0.15) is 6.61 Å². The summed E-state index contributed by atoms with van der Waals surface area (Å²) in [6, 6.07) is 0. The largest absolute Gasteiger partial charge is 0.481 e. The van der Waals surface area contributed by atoms with Crippen molar-refractivity contribution in [3.05, 3.63) is 12.7 Å². The standard InChI is InChI=1S/C10H13NO4/c1-2-3-15-9(14)11-5-10(6-11)4-7(10)8(12)13/h2,7H,1,3-6H2,(H,12,13). The van der Waals surface area contributed by atoms with E-state index >= 15 is 0 Å². The first-order chi connectivity index (χ1) is 7.09. The summed E-state index contributed by atoms with van der Waals surface area (Å²) in [5.74, 6) is -1.02. The second-order valence-corrected chi connectivity index (χ2v) is 4.18. The van der Waals surface area contributed by atoms with Crippen LogP contribution < -0.4 is 0 Å². The molecule has 2 aliphatic rings. The minimum Gasteiger partial charge on any atom is -0.481 e. The monoisotopic (exact) mass is 211 g/mol. The van der Waals surface area contributed by atoms with Crippen LogP contribution in [0, 0.1) is 11.3 Å². The van der Waals surface area contributed by atoms with Gasteiger partial charge in [0.25, 0.3) is 0 Å². The lowest BCUT2D eigenvalue weighted by atomic mass is 9.94. The number of likely N-dealkylation sites (tertiary alicyclic amines) is 1. The van der Waals surface area contributed by atoms with Crippen LogP contribution in [0.5, 0.6) is 0 Å². The molecule has 15 heavy (non-hydrogen) atoms. The number of carboxylic acids is 1. The molecular weight excluding hydrogens is 198 g/mol.